The molecule has 0 saturated carbocycles. The Kier molecular flexibility index (Phi) is 5.03. The number of hydrogen-bond donors (Lipinski definition) is 0. The monoisotopic (exact) mass is 316 g/mol. The number of carbonyl (C=O) groups excluding carboxylic acids is 1. The lowest BCUT2D eigenvalue weighted by atomic mass is 10.0. The summed E-state index contributed by atoms with van der Waals surface area (Å²) in [7, 11) is 0. The molecule has 0 saturated heterocycles. The molecule has 0 radical (unpaired) electrons. The third kappa shape index (κ3) is 4.30. The van der Waals surface area contributed by atoms with Gasteiger partial charge in [-0.25, -0.2) is 4.98 Å². The van der Waals surface area contributed by atoms with Crippen LogP contribution in [-0.2, 0) is 11.0 Å². The minimum absolute atomic E-state index is 0.0577. The predicted octanol–water partition coefficient (Wildman–Crippen LogP) is 3.63. The summed E-state index contributed by atoms with van der Waals surface area (Å²) in [4.78, 5) is 19.9. The summed E-state index contributed by atoms with van der Waals surface area (Å²) in [6, 6.07) is 2.26. The van der Waals surface area contributed by atoms with Gasteiger partial charge in [-0.2, -0.15) is 13.2 Å². The fraction of sp³-hybridized carbons (Fsp3) is 0.500. The van der Waals surface area contributed by atoms with Gasteiger partial charge in [0.25, 0.3) is 0 Å². The number of rotatable bonds is 5. The van der Waals surface area contributed by atoms with E-state index < -0.39 is 11.7 Å². The Balaban J connectivity index is 1.87. The molecule has 114 valence electrons. The molecule has 1 aliphatic rings. The Labute approximate surface area is 125 Å². The Hall–Kier alpha value is -1.37. The normalized spacial score (nSPS) is 18.7. The van der Waals surface area contributed by atoms with Crippen LogP contribution in [0.25, 0.3) is 0 Å². The molecular weight excluding hydrogens is 301 g/mol. The van der Waals surface area contributed by atoms with Crippen molar-refractivity contribution in [1.82, 2.24) is 4.98 Å². The molecule has 1 aromatic heterocycles. The number of Topliss-reactive ketones (excluding diaryl/α,β-unsaturated/α-hetero) is 1. The van der Waals surface area contributed by atoms with Crippen molar-refractivity contribution in [2.24, 2.45) is 10.9 Å². The highest BCUT2D eigenvalue weighted by Crippen LogP contribution is 2.29. The molecule has 7 heteroatoms. The van der Waals surface area contributed by atoms with Gasteiger partial charge in [-0.1, -0.05) is 25.1 Å². The molecule has 0 N–H and O–H groups in total. The van der Waals surface area contributed by atoms with Gasteiger partial charge in [0, 0.05) is 12.7 Å². The highest BCUT2D eigenvalue weighted by Gasteiger charge is 2.30. The topological polar surface area (TPSA) is 42.3 Å². The zero-order valence-electron chi connectivity index (χ0n) is 11.5. The van der Waals surface area contributed by atoms with Gasteiger partial charge < -0.3 is 0 Å². The van der Waals surface area contributed by atoms with Crippen molar-refractivity contribution in [2.45, 2.75) is 31.0 Å². The summed E-state index contributed by atoms with van der Waals surface area (Å²) >= 11 is 1.13. The van der Waals surface area contributed by atoms with E-state index >= 15 is 0 Å². The van der Waals surface area contributed by atoms with E-state index in [4.69, 9.17) is 0 Å². The van der Waals surface area contributed by atoms with E-state index in [0.29, 0.717) is 29.6 Å². The minimum Gasteiger partial charge on any atom is -0.292 e. The zero-order valence-corrected chi connectivity index (χ0v) is 12.3. The van der Waals surface area contributed by atoms with Gasteiger partial charge in [0.2, 0.25) is 0 Å². The molecule has 1 atom stereocenters. The van der Waals surface area contributed by atoms with Crippen LogP contribution in [0.1, 0.15) is 25.3 Å². The van der Waals surface area contributed by atoms with Crippen LogP contribution in [0, 0.1) is 5.92 Å². The van der Waals surface area contributed by atoms with Crippen LogP contribution in [0.4, 0.5) is 13.2 Å². The first kappa shape index (κ1) is 16.0. The number of pyridine rings is 1. The molecule has 2 rings (SSSR count). The van der Waals surface area contributed by atoms with Crippen LogP contribution in [0.2, 0.25) is 0 Å². The zero-order chi connectivity index (χ0) is 15.5. The first-order chi connectivity index (χ1) is 9.90. The van der Waals surface area contributed by atoms with Crippen molar-refractivity contribution in [3.63, 3.8) is 0 Å². The number of aromatic nitrogens is 1. The van der Waals surface area contributed by atoms with Gasteiger partial charge in [-0.05, 0) is 24.5 Å². The quantitative estimate of drug-likeness (QED) is 0.779. The third-order valence-corrected chi connectivity index (χ3v) is 4.28. The largest absolute Gasteiger partial charge is 0.417 e. The van der Waals surface area contributed by atoms with Crippen LogP contribution in [0.5, 0.6) is 0 Å². The number of nitrogens with zero attached hydrogens (tertiary/aromatic N) is 2. The van der Waals surface area contributed by atoms with E-state index in [1.807, 2.05) is 0 Å². The number of alkyl halides is 3. The number of hydrogen-bond acceptors (Lipinski definition) is 4. The average molecular weight is 316 g/mol. The third-order valence-electron chi connectivity index (χ3n) is 3.34. The van der Waals surface area contributed by atoms with E-state index in [0.717, 1.165) is 30.4 Å². The standard InChI is InChI=1S/C14H15F3N2OS/c1-2-9-5-11(18-6-9)12(20)8-21-13-4-3-10(7-19-13)14(15,16)17/h3-4,7,9H,2,5-6,8H2,1H3. The first-order valence-electron chi connectivity index (χ1n) is 6.62. The van der Waals surface area contributed by atoms with Crippen molar-refractivity contribution >= 4 is 23.3 Å². The lowest BCUT2D eigenvalue weighted by Crippen LogP contribution is -2.15. The molecule has 2 heterocycles. The van der Waals surface area contributed by atoms with E-state index in [1.54, 1.807) is 0 Å². The maximum atomic E-state index is 12.4. The van der Waals surface area contributed by atoms with Crippen molar-refractivity contribution in [1.29, 1.82) is 0 Å². The molecule has 1 aliphatic heterocycles. The van der Waals surface area contributed by atoms with Crippen molar-refractivity contribution < 1.29 is 18.0 Å². The molecule has 0 bridgehead atoms. The molecule has 3 nitrogen and oxygen atoms in total. The number of carbonyl (C=O) groups is 1. The number of halogens is 3. The molecule has 21 heavy (non-hydrogen) atoms. The van der Waals surface area contributed by atoms with Gasteiger partial charge in [0.05, 0.1) is 22.1 Å². The molecule has 0 spiro atoms. The van der Waals surface area contributed by atoms with Crippen LogP contribution in [0.15, 0.2) is 28.3 Å². The number of thioether (sulfide) groups is 1. The summed E-state index contributed by atoms with van der Waals surface area (Å²) in [6.07, 6.45) is -1.91. The van der Waals surface area contributed by atoms with Crippen LogP contribution in [0.3, 0.4) is 0 Å². The molecule has 0 amide bonds. The van der Waals surface area contributed by atoms with E-state index in [-0.39, 0.29) is 11.5 Å². The summed E-state index contributed by atoms with van der Waals surface area (Å²) in [5.41, 5.74) is -0.189. The summed E-state index contributed by atoms with van der Waals surface area (Å²) in [6.45, 7) is 2.76. The van der Waals surface area contributed by atoms with Crippen LogP contribution >= 0.6 is 11.8 Å². The van der Waals surface area contributed by atoms with Crippen LogP contribution in [-0.4, -0.2) is 28.8 Å². The molecule has 0 fully saturated rings. The van der Waals surface area contributed by atoms with Gasteiger partial charge in [0.15, 0.2) is 5.78 Å². The molecular formula is C14H15F3N2OS. The smallest absolute Gasteiger partial charge is 0.292 e. The predicted molar refractivity (Wildman–Crippen MR) is 75.7 cm³/mol. The van der Waals surface area contributed by atoms with E-state index in [2.05, 4.69) is 16.9 Å². The fourth-order valence-electron chi connectivity index (χ4n) is 1.97. The van der Waals surface area contributed by atoms with Gasteiger partial charge in [-0.15, -0.1) is 0 Å². The molecule has 1 unspecified atom stereocenters. The second-order valence-electron chi connectivity index (χ2n) is 4.86. The Bertz CT molecular complexity index is 540. The van der Waals surface area contributed by atoms with Gasteiger partial charge in [0.1, 0.15) is 0 Å². The summed E-state index contributed by atoms with van der Waals surface area (Å²) < 4.78 is 37.2. The Morgan fingerprint density at radius 2 is 2.19 bits per heavy atom. The molecule has 0 aromatic carbocycles. The lowest BCUT2D eigenvalue weighted by Gasteiger charge is -2.06. The molecule has 1 aromatic rings. The molecule has 0 aliphatic carbocycles. The Morgan fingerprint density at radius 3 is 2.71 bits per heavy atom. The minimum atomic E-state index is -4.39. The Morgan fingerprint density at radius 1 is 1.43 bits per heavy atom. The number of aliphatic imine (C=N–C) groups is 1. The summed E-state index contributed by atoms with van der Waals surface area (Å²) in [5.74, 6) is 0.545. The second kappa shape index (κ2) is 6.60. The van der Waals surface area contributed by atoms with Crippen molar-refractivity contribution in [2.75, 3.05) is 12.3 Å². The van der Waals surface area contributed by atoms with Crippen molar-refractivity contribution in [3.8, 4) is 0 Å². The van der Waals surface area contributed by atoms with Gasteiger partial charge in [-0.3, -0.25) is 9.79 Å². The maximum Gasteiger partial charge on any atom is 0.417 e. The first-order valence-corrected chi connectivity index (χ1v) is 7.61. The van der Waals surface area contributed by atoms with E-state index in [9.17, 15) is 18.0 Å². The van der Waals surface area contributed by atoms with E-state index in [1.165, 1.54) is 6.07 Å². The summed E-state index contributed by atoms with van der Waals surface area (Å²) in [5, 5.41) is 0.405. The highest BCUT2D eigenvalue weighted by molar-refractivity contribution is 8.00. The van der Waals surface area contributed by atoms with Gasteiger partial charge >= 0.3 is 6.18 Å². The number of ketones is 1. The average Bonchev–Trinajstić information content (AvgIpc) is 2.93. The fourth-order valence-corrected chi connectivity index (χ4v) is 2.71. The lowest BCUT2D eigenvalue weighted by molar-refractivity contribution is -0.137. The maximum absolute atomic E-state index is 12.4. The van der Waals surface area contributed by atoms with Crippen molar-refractivity contribution in [3.05, 3.63) is 23.9 Å². The SMILES string of the molecule is CCC1CN=C(C(=O)CSc2ccc(C(F)(F)F)cn2)C1. The second-order valence-corrected chi connectivity index (χ2v) is 5.86. The highest BCUT2D eigenvalue weighted by atomic mass is 32.2. The van der Waals surface area contributed by atoms with Crippen LogP contribution < -0.4 is 0 Å².